The van der Waals surface area contributed by atoms with Crippen LogP contribution in [0.5, 0.6) is 5.75 Å². The van der Waals surface area contributed by atoms with Crippen LogP contribution in [0, 0.1) is 22.6 Å². The monoisotopic (exact) mass is 390 g/mol. The van der Waals surface area contributed by atoms with Crippen LogP contribution in [0.15, 0.2) is 23.3 Å². The Hall–Kier alpha value is -3.35. The number of hydrazone groups is 1. The molecule has 1 heterocycles. The molecule has 4 N–H and O–H groups in total. The zero-order chi connectivity index (χ0) is 20.9. The average Bonchev–Trinajstić information content (AvgIpc) is 3.04. The number of amidine groups is 1. The Morgan fingerprint density at radius 3 is 2.82 bits per heavy atom. The van der Waals surface area contributed by atoms with Gasteiger partial charge in [-0.1, -0.05) is 0 Å². The number of hydrogen-bond acceptors (Lipinski definition) is 7. The minimum absolute atomic E-state index is 0.171. The van der Waals surface area contributed by atoms with E-state index in [2.05, 4.69) is 10.5 Å². The number of rotatable bonds is 5. The van der Waals surface area contributed by atoms with Gasteiger partial charge in [0.05, 0.1) is 6.54 Å². The quantitative estimate of drug-likeness (QED) is 0.401. The summed E-state index contributed by atoms with van der Waals surface area (Å²) in [4.78, 5) is 13.7. The number of nitrogens with two attached hydrogens (primary N) is 1. The van der Waals surface area contributed by atoms with E-state index in [0.29, 0.717) is 25.3 Å². The average molecular weight is 390 g/mol. The van der Waals surface area contributed by atoms with Crippen LogP contribution < -0.4 is 15.9 Å². The van der Waals surface area contributed by atoms with Crippen LogP contribution in [0.1, 0.15) is 27.2 Å². The minimum Gasteiger partial charge on any atom is -0.486 e. The van der Waals surface area contributed by atoms with Crippen molar-refractivity contribution in [2.24, 2.45) is 10.8 Å². The van der Waals surface area contributed by atoms with Crippen molar-refractivity contribution in [3.05, 3.63) is 24.0 Å². The second kappa shape index (κ2) is 8.56. The molecule has 9 nitrogen and oxygen atoms in total. The van der Waals surface area contributed by atoms with Crippen LogP contribution in [-0.4, -0.2) is 47.3 Å². The molecule has 0 spiro atoms. The summed E-state index contributed by atoms with van der Waals surface area (Å²) in [6, 6.07) is 5.45. The number of carbonyl (C=O) groups excluding carboxylic acids is 1. The molecule has 0 aliphatic carbocycles. The van der Waals surface area contributed by atoms with E-state index in [1.165, 1.54) is 12.1 Å². The lowest BCUT2D eigenvalue weighted by atomic mass is 10.2. The molecule has 1 atom stereocenters. The number of nitrogens with one attached hydrogen (secondary N) is 2. The molecule has 10 heteroatoms. The van der Waals surface area contributed by atoms with Crippen LogP contribution in [0.2, 0.25) is 0 Å². The molecule has 1 unspecified atom stereocenters. The normalized spacial score (nSPS) is 17.0. The van der Waals surface area contributed by atoms with Crippen LogP contribution in [0.25, 0.3) is 0 Å². The zero-order valence-corrected chi connectivity index (χ0v) is 16.0. The van der Waals surface area contributed by atoms with E-state index < -0.39 is 23.3 Å². The molecule has 2 rings (SSSR count). The van der Waals surface area contributed by atoms with Gasteiger partial charge < -0.3 is 20.1 Å². The summed E-state index contributed by atoms with van der Waals surface area (Å²) in [5.74, 6) is -0.757. The van der Waals surface area contributed by atoms with E-state index in [0.717, 1.165) is 6.07 Å². The first-order chi connectivity index (χ1) is 13.1. The van der Waals surface area contributed by atoms with Gasteiger partial charge in [-0.05, 0) is 32.9 Å². The zero-order valence-electron chi connectivity index (χ0n) is 16.0. The highest BCUT2D eigenvalue weighted by Gasteiger charge is 2.31. The minimum atomic E-state index is -0.586. The Kier molecular flexibility index (Phi) is 6.41. The van der Waals surface area contributed by atoms with E-state index in [-0.39, 0.29) is 17.5 Å². The number of likely N-dealkylation sites (tertiary alicyclic amines) is 1. The number of nitriles is 1. The van der Waals surface area contributed by atoms with E-state index >= 15 is 0 Å². The van der Waals surface area contributed by atoms with Crippen molar-refractivity contribution < 1.29 is 18.7 Å². The van der Waals surface area contributed by atoms with Gasteiger partial charge in [-0.25, -0.2) is 9.18 Å². The molecule has 0 saturated carbocycles. The number of carbonyl (C=O) groups is 1. The largest absolute Gasteiger partial charge is 0.486 e. The third kappa shape index (κ3) is 5.84. The summed E-state index contributed by atoms with van der Waals surface area (Å²) >= 11 is 0. The molecule has 1 aliphatic rings. The number of halogens is 1. The SMILES string of the molecule is CC(C)(C)OC(=O)N1CCC(Oc2ccc(F)cc2N/N=C(\C#N)C(=N)N)C1. The fourth-order valence-corrected chi connectivity index (χ4v) is 2.45. The van der Waals surface area contributed by atoms with Gasteiger partial charge in [0.2, 0.25) is 5.71 Å². The van der Waals surface area contributed by atoms with E-state index in [9.17, 15) is 9.18 Å². The van der Waals surface area contributed by atoms with Crippen LogP contribution in [0.4, 0.5) is 14.9 Å². The van der Waals surface area contributed by atoms with Gasteiger partial charge in [0, 0.05) is 19.0 Å². The summed E-state index contributed by atoms with van der Waals surface area (Å²) < 4.78 is 24.8. The predicted molar refractivity (Wildman–Crippen MR) is 102 cm³/mol. The maximum Gasteiger partial charge on any atom is 0.410 e. The first kappa shape index (κ1) is 21.0. The highest BCUT2D eigenvalue weighted by molar-refractivity contribution is 6.45. The van der Waals surface area contributed by atoms with Gasteiger partial charge in [-0.2, -0.15) is 10.4 Å². The molecule has 150 valence electrons. The molecular formula is C18H23FN6O3. The van der Waals surface area contributed by atoms with Crippen molar-refractivity contribution in [1.82, 2.24) is 4.90 Å². The molecular weight excluding hydrogens is 367 g/mol. The fraction of sp³-hybridized carbons (Fsp3) is 0.444. The van der Waals surface area contributed by atoms with Crippen molar-refractivity contribution >= 4 is 23.3 Å². The molecule has 0 radical (unpaired) electrons. The Labute approximate surface area is 162 Å². The van der Waals surface area contributed by atoms with Crippen LogP contribution in [-0.2, 0) is 4.74 Å². The van der Waals surface area contributed by atoms with Gasteiger partial charge in [0.1, 0.15) is 35.0 Å². The second-order valence-electron chi connectivity index (χ2n) is 7.19. The highest BCUT2D eigenvalue weighted by atomic mass is 19.1. The Balaban J connectivity index is 2.08. The van der Waals surface area contributed by atoms with Gasteiger partial charge in [-0.3, -0.25) is 10.8 Å². The number of anilines is 1. The summed E-state index contributed by atoms with van der Waals surface area (Å²) in [6.07, 6.45) is -0.150. The van der Waals surface area contributed by atoms with Gasteiger partial charge in [0.15, 0.2) is 5.84 Å². The van der Waals surface area contributed by atoms with Crippen LogP contribution >= 0.6 is 0 Å². The lowest BCUT2D eigenvalue weighted by Gasteiger charge is -2.24. The lowest BCUT2D eigenvalue weighted by Crippen LogP contribution is -2.36. The summed E-state index contributed by atoms with van der Waals surface area (Å²) in [5.41, 5.74) is 6.98. The van der Waals surface area contributed by atoms with E-state index in [1.54, 1.807) is 31.7 Å². The van der Waals surface area contributed by atoms with Crippen LogP contribution in [0.3, 0.4) is 0 Å². The Morgan fingerprint density at radius 2 is 2.21 bits per heavy atom. The number of nitrogens with zero attached hydrogens (tertiary/aromatic N) is 3. The van der Waals surface area contributed by atoms with Crippen molar-refractivity contribution in [3.63, 3.8) is 0 Å². The molecule has 1 aromatic carbocycles. The second-order valence-corrected chi connectivity index (χ2v) is 7.19. The van der Waals surface area contributed by atoms with E-state index in [4.69, 9.17) is 25.9 Å². The first-order valence-electron chi connectivity index (χ1n) is 8.61. The Bertz CT molecular complexity index is 828. The van der Waals surface area contributed by atoms with E-state index in [1.807, 2.05) is 0 Å². The van der Waals surface area contributed by atoms with Crippen molar-refractivity contribution in [1.29, 1.82) is 10.7 Å². The summed E-state index contributed by atoms with van der Waals surface area (Å²) in [6.45, 7) is 6.18. The topological polar surface area (TPSA) is 137 Å². The highest BCUT2D eigenvalue weighted by Crippen LogP contribution is 2.28. The Morgan fingerprint density at radius 1 is 1.50 bits per heavy atom. The number of amides is 1. The molecule has 1 aromatic rings. The van der Waals surface area contributed by atoms with Crippen molar-refractivity contribution in [2.75, 3.05) is 18.5 Å². The van der Waals surface area contributed by atoms with Gasteiger partial charge in [0.25, 0.3) is 0 Å². The molecule has 0 aromatic heterocycles. The van der Waals surface area contributed by atoms with Gasteiger partial charge in [-0.15, -0.1) is 0 Å². The number of benzene rings is 1. The maximum absolute atomic E-state index is 13.6. The summed E-state index contributed by atoms with van der Waals surface area (Å²) in [7, 11) is 0. The maximum atomic E-state index is 13.6. The predicted octanol–water partition coefficient (Wildman–Crippen LogP) is 2.44. The third-order valence-electron chi connectivity index (χ3n) is 3.68. The molecule has 1 fully saturated rings. The number of hydrogen-bond donors (Lipinski definition) is 3. The first-order valence-corrected chi connectivity index (χ1v) is 8.61. The third-order valence-corrected chi connectivity index (χ3v) is 3.68. The van der Waals surface area contributed by atoms with Crippen molar-refractivity contribution in [2.45, 2.75) is 38.9 Å². The summed E-state index contributed by atoms with van der Waals surface area (Å²) in [5, 5.41) is 19.8. The van der Waals surface area contributed by atoms with Gasteiger partial charge >= 0.3 is 6.09 Å². The molecule has 1 amide bonds. The molecule has 1 saturated heterocycles. The van der Waals surface area contributed by atoms with Crippen molar-refractivity contribution in [3.8, 4) is 11.8 Å². The standard InChI is InChI=1S/C18H23FN6O3/c1-18(2,3)28-17(26)25-7-6-12(10-25)27-15-5-4-11(19)8-13(15)23-24-14(9-20)16(21)22/h4-5,8,12,23H,6-7,10H2,1-3H3,(H3,21,22)/b24-14+. The lowest BCUT2D eigenvalue weighted by molar-refractivity contribution is 0.0276. The smallest absolute Gasteiger partial charge is 0.410 e. The molecule has 28 heavy (non-hydrogen) atoms. The molecule has 0 bridgehead atoms. The molecule has 1 aliphatic heterocycles. The number of ether oxygens (including phenoxy) is 2. The fourth-order valence-electron chi connectivity index (χ4n) is 2.45.